The number of hydrogen-bond donors (Lipinski definition) is 1. The third-order valence-corrected chi connectivity index (χ3v) is 4.19. The summed E-state index contributed by atoms with van der Waals surface area (Å²) in [7, 11) is 4.08. The van der Waals surface area contributed by atoms with E-state index in [1.807, 2.05) is 14.0 Å². The molecule has 1 heterocycles. The second-order valence-electron chi connectivity index (χ2n) is 5.66. The number of likely N-dealkylation sites (N-methyl/N-ethyl adjacent to an activating group) is 1. The van der Waals surface area contributed by atoms with Crippen molar-refractivity contribution in [2.45, 2.75) is 44.7 Å². The maximum absolute atomic E-state index is 9.20. The zero-order chi connectivity index (χ0) is 13.6. The van der Waals surface area contributed by atoms with Crippen molar-refractivity contribution in [3.8, 4) is 6.07 Å². The Balaban J connectivity index is 2.56. The first-order valence-corrected chi connectivity index (χ1v) is 7.07. The quantitative estimate of drug-likeness (QED) is 0.801. The molecule has 0 saturated carbocycles. The van der Waals surface area contributed by atoms with Crippen LogP contribution in [-0.2, 0) is 0 Å². The first-order chi connectivity index (χ1) is 8.54. The van der Waals surface area contributed by atoms with Crippen LogP contribution >= 0.6 is 0 Å². The molecular weight excluding hydrogens is 224 g/mol. The predicted octanol–water partition coefficient (Wildman–Crippen LogP) is 1.29. The molecule has 18 heavy (non-hydrogen) atoms. The van der Waals surface area contributed by atoms with Crippen LogP contribution in [0, 0.1) is 11.3 Å². The van der Waals surface area contributed by atoms with Crippen molar-refractivity contribution >= 4 is 0 Å². The lowest BCUT2D eigenvalue weighted by Gasteiger charge is -2.32. The molecule has 0 aromatic heterocycles. The Morgan fingerprint density at radius 2 is 2.17 bits per heavy atom. The van der Waals surface area contributed by atoms with Crippen LogP contribution in [0.1, 0.15) is 33.1 Å². The third kappa shape index (κ3) is 4.24. The molecule has 4 nitrogen and oxygen atoms in total. The average Bonchev–Trinajstić information content (AvgIpc) is 2.57. The van der Waals surface area contributed by atoms with Crippen LogP contribution in [0.2, 0.25) is 0 Å². The Bertz CT molecular complexity index is 286. The maximum Gasteiger partial charge on any atom is 0.104 e. The molecular formula is C14H28N4. The van der Waals surface area contributed by atoms with Gasteiger partial charge < -0.3 is 10.2 Å². The van der Waals surface area contributed by atoms with Crippen LogP contribution in [0.3, 0.4) is 0 Å². The molecule has 4 heteroatoms. The summed E-state index contributed by atoms with van der Waals surface area (Å²) in [6, 6.07) is 3.01. The highest BCUT2D eigenvalue weighted by Gasteiger charge is 2.26. The topological polar surface area (TPSA) is 42.3 Å². The van der Waals surface area contributed by atoms with Gasteiger partial charge in [-0.05, 0) is 53.4 Å². The fourth-order valence-corrected chi connectivity index (χ4v) is 2.58. The summed E-state index contributed by atoms with van der Waals surface area (Å²) in [4.78, 5) is 4.99. The van der Waals surface area contributed by atoms with E-state index >= 15 is 0 Å². The molecule has 0 radical (unpaired) electrons. The first-order valence-electron chi connectivity index (χ1n) is 7.07. The van der Waals surface area contributed by atoms with E-state index in [-0.39, 0.29) is 0 Å². The molecule has 1 fully saturated rings. The van der Waals surface area contributed by atoms with E-state index in [0.717, 1.165) is 26.1 Å². The summed E-state index contributed by atoms with van der Waals surface area (Å²) >= 11 is 0. The molecule has 0 aliphatic carbocycles. The standard InChI is InChI=1S/C14H28N4/c1-5-13-11-17(4)8-6-9-18(13)10-7-14(2,12-15)16-3/h13,16H,5-11H2,1-4H3. The van der Waals surface area contributed by atoms with Crippen molar-refractivity contribution < 1.29 is 0 Å². The Kier molecular flexibility index (Phi) is 6.07. The second kappa shape index (κ2) is 7.08. The summed E-state index contributed by atoms with van der Waals surface area (Å²) in [6.07, 6.45) is 3.31. The van der Waals surface area contributed by atoms with Gasteiger partial charge in [-0.2, -0.15) is 5.26 Å². The summed E-state index contributed by atoms with van der Waals surface area (Å²) in [5.41, 5.74) is -0.392. The number of nitrogens with one attached hydrogen (secondary N) is 1. The highest BCUT2D eigenvalue weighted by atomic mass is 15.2. The van der Waals surface area contributed by atoms with Gasteiger partial charge in [0.1, 0.15) is 5.54 Å². The molecule has 0 aromatic rings. The summed E-state index contributed by atoms with van der Waals surface area (Å²) in [5, 5.41) is 12.3. The minimum Gasteiger partial charge on any atom is -0.305 e. The first kappa shape index (κ1) is 15.4. The molecule has 1 aliphatic rings. The maximum atomic E-state index is 9.20. The van der Waals surface area contributed by atoms with Gasteiger partial charge in [0, 0.05) is 19.1 Å². The Morgan fingerprint density at radius 1 is 1.44 bits per heavy atom. The molecule has 2 unspecified atom stereocenters. The van der Waals surface area contributed by atoms with Crippen LogP contribution in [0.5, 0.6) is 0 Å². The van der Waals surface area contributed by atoms with E-state index in [1.165, 1.54) is 19.4 Å². The average molecular weight is 252 g/mol. The van der Waals surface area contributed by atoms with E-state index in [2.05, 4.69) is 35.2 Å². The number of nitrogens with zero attached hydrogens (tertiary/aromatic N) is 3. The van der Waals surface area contributed by atoms with Crippen LogP contribution in [0.4, 0.5) is 0 Å². The van der Waals surface area contributed by atoms with Gasteiger partial charge in [-0.1, -0.05) is 6.92 Å². The van der Waals surface area contributed by atoms with Crippen molar-refractivity contribution in [1.29, 1.82) is 5.26 Å². The van der Waals surface area contributed by atoms with Gasteiger partial charge in [0.2, 0.25) is 0 Å². The Hall–Kier alpha value is -0.630. The Labute approximate surface area is 112 Å². The molecule has 0 spiro atoms. The lowest BCUT2D eigenvalue weighted by molar-refractivity contribution is 0.171. The van der Waals surface area contributed by atoms with Gasteiger partial charge in [-0.15, -0.1) is 0 Å². The molecule has 0 aromatic carbocycles. The fourth-order valence-electron chi connectivity index (χ4n) is 2.58. The molecule has 104 valence electrons. The molecule has 2 atom stereocenters. The van der Waals surface area contributed by atoms with E-state index in [9.17, 15) is 5.26 Å². The molecule has 1 N–H and O–H groups in total. The fraction of sp³-hybridized carbons (Fsp3) is 0.929. The lowest BCUT2D eigenvalue weighted by Crippen LogP contribution is -2.45. The number of rotatable bonds is 5. The number of nitriles is 1. The van der Waals surface area contributed by atoms with Gasteiger partial charge in [0.05, 0.1) is 6.07 Å². The van der Waals surface area contributed by atoms with Crippen molar-refractivity contribution in [3.05, 3.63) is 0 Å². The summed E-state index contributed by atoms with van der Waals surface area (Å²) in [5.74, 6) is 0. The highest BCUT2D eigenvalue weighted by Crippen LogP contribution is 2.15. The smallest absolute Gasteiger partial charge is 0.104 e. The minimum atomic E-state index is -0.392. The van der Waals surface area contributed by atoms with Crippen LogP contribution in [0.15, 0.2) is 0 Å². The highest BCUT2D eigenvalue weighted by molar-refractivity contribution is 5.03. The summed E-state index contributed by atoms with van der Waals surface area (Å²) < 4.78 is 0. The van der Waals surface area contributed by atoms with Crippen LogP contribution < -0.4 is 5.32 Å². The van der Waals surface area contributed by atoms with Crippen molar-refractivity contribution in [1.82, 2.24) is 15.1 Å². The van der Waals surface area contributed by atoms with Gasteiger partial charge in [0.15, 0.2) is 0 Å². The monoisotopic (exact) mass is 252 g/mol. The van der Waals surface area contributed by atoms with E-state index < -0.39 is 5.54 Å². The lowest BCUT2D eigenvalue weighted by atomic mass is 9.99. The summed E-state index contributed by atoms with van der Waals surface area (Å²) in [6.45, 7) is 8.76. The molecule has 0 amide bonds. The number of hydrogen-bond acceptors (Lipinski definition) is 4. The normalized spacial score (nSPS) is 26.3. The van der Waals surface area contributed by atoms with Crippen molar-refractivity contribution in [2.75, 3.05) is 40.3 Å². The Morgan fingerprint density at radius 3 is 2.72 bits per heavy atom. The van der Waals surface area contributed by atoms with Gasteiger partial charge in [0.25, 0.3) is 0 Å². The molecule has 1 rings (SSSR count). The SMILES string of the molecule is CCC1CN(C)CCCN1CCC(C)(C#N)NC. The van der Waals surface area contributed by atoms with Gasteiger partial charge in [-0.25, -0.2) is 0 Å². The molecule has 1 aliphatic heterocycles. The second-order valence-corrected chi connectivity index (χ2v) is 5.66. The van der Waals surface area contributed by atoms with Gasteiger partial charge >= 0.3 is 0 Å². The third-order valence-electron chi connectivity index (χ3n) is 4.19. The predicted molar refractivity (Wildman–Crippen MR) is 75.5 cm³/mol. The minimum absolute atomic E-state index is 0.392. The zero-order valence-corrected chi connectivity index (χ0v) is 12.4. The van der Waals surface area contributed by atoms with Gasteiger partial charge in [-0.3, -0.25) is 4.90 Å². The largest absolute Gasteiger partial charge is 0.305 e. The van der Waals surface area contributed by atoms with Crippen molar-refractivity contribution in [2.24, 2.45) is 0 Å². The van der Waals surface area contributed by atoms with E-state index in [4.69, 9.17) is 0 Å². The zero-order valence-electron chi connectivity index (χ0n) is 12.4. The molecule has 0 bridgehead atoms. The molecule has 1 saturated heterocycles. The van der Waals surface area contributed by atoms with E-state index in [0.29, 0.717) is 6.04 Å². The van der Waals surface area contributed by atoms with Crippen molar-refractivity contribution in [3.63, 3.8) is 0 Å². The van der Waals surface area contributed by atoms with E-state index in [1.54, 1.807) is 0 Å². The van der Waals surface area contributed by atoms with Crippen LogP contribution in [-0.4, -0.2) is 61.7 Å². The van der Waals surface area contributed by atoms with Crippen LogP contribution in [0.25, 0.3) is 0 Å².